The molecule has 0 bridgehead atoms. The second-order valence-corrected chi connectivity index (χ2v) is 6.73. The molecule has 5 rings (SSSR count). The van der Waals surface area contributed by atoms with E-state index in [2.05, 4.69) is 26.3 Å². The Balaban J connectivity index is 1.43. The van der Waals surface area contributed by atoms with Gasteiger partial charge in [-0.3, -0.25) is 14.7 Å². The second-order valence-electron chi connectivity index (χ2n) is 6.73. The van der Waals surface area contributed by atoms with Crippen LogP contribution in [0.5, 0.6) is 11.6 Å². The lowest BCUT2D eigenvalue weighted by Crippen LogP contribution is -2.13. The van der Waals surface area contributed by atoms with E-state index in [0.717, 1.165) is 39.2 Å². The number of aromatic nitrogens is 3. The van der Waals surface area contributed by atoms with Crippen LogP contribution in [0, 0.1) is 12.3 Å². The van der Waals surface area contributed by atoms with Gasteiger partial charge in [0.25, 0.3) is 0 Å². The Kier molecular flexibility index (Phi) is 3.99. The number of nitrogens with one attached hydrogen (secondary N) is 1. The summed E-state index contributed by atoms with van der Waals surface area (Å²) in [5.74, 6) is 4.62. The average molecular weight is 379 g/mol. The Morgan fingerprint density at radius 1 is 1.14 bits per heavy atom. The van der Waals surface area contributed by atoms with Gasteiger partial charge in [0, 0.05) is 30.1 Å². The Morgan fingerprint density at radius 3 is 2.83 bits per heavy atom. The first-order valence-electron chi connectivity index (χ1n) is 9.18. The molecule has 1 aliphatic heterocycles. The van der Waals surface area contributed by atoms with Crippen LogP contribution in [0.2, 0.25) is 0 Å². The monoisotopic (exact) mass is 379 g/mol. The van der Waals surface area contributed by atoms with Crippen LogP contribution in [-0.4, -0.2) is 20.6 Å². The van der Waals surface area contributed by atoms with E-state index >= 15 is 0 Å². The number of ether oxygens (including phenoxy) is 1. The van der Waals surface area contributed by atoms with Crippen molar-refractivity contribution >= 4 is 22.4 Å². The summed E-state index contributed by atoms with van der Waals surface area (Å²) < 4.78 is 7.78. The number of amidine groups is 1. The highest BCUT2D eigenvalue weighted by atomic mass is 16.5. The summed E-state index contributed by atoms with van der Waals surface area (Å²) in [5, 5.41) is 8.82. The first-order valence-corrected chi connectivity index (χ1v) is 9.18. The normalized spacial score (nSPS) is 12.3. The first-order chi connectivity index (χ1) is 14.2. The van der Waals surface area contributed by atoms with Crippen LogP contribution in [-0.2, 0) is 13.6 Å². The van der Waals surface area contributed by atoms with Crippen molar-refractivity contribution in [3.63, 3.8) is 0 Å². The molecule has 0 radical (unpaired) electrons. The number of benzene rings is 2. The predicted molar refractivity (Wildman–Crippen MR) is 113 cm³/mol. The van der Waals surface area contributed by atoms with Gasteiger partial charge < -0.3 is 10.1 Å². The number of hydrogen-bond donors (Lipinski definition) is 1. The van der Waals surface area contributed by atoms with Gasteiger partial charge in [0.15, 0.2) is 5.84 Å². The highest BCUT2D eigenvalue weighted by molar-refractivity contribution is 6.09. The minimum atomic E-state index is 0.549. The molecule has 0 unspecified atom stereocenters. The highest BCUT2D eigenvalue weighted by Gasteiger charge is 2.18. The number of rotatable bonds is 3. The van der Waals surface area contributed by atoms with Gasteiger partial charge in [-0.2, -0.15) is 0 Å². The van der Waals surface area contributed by atoms with Crippen molar-refractivity contribution in [1.82, 2.24) is 14.8 Å². The summed E-state index contributed by atoms with van der Waals surface area (Å²) in [7, 11) is 1.89. The van der Waals surface area contributed by atoms with Gasteiger partial charge in [0.1, 0.15) is 11.4 Å². The molecule has 29 heavy (non-hydrogen) atoms. The standard InChI is InChI=1S/C23H17N5O/c1-3-15-6-9-18(10-7-15)29-23-19-11-8-17(13-20(19)28(2)27-23)26-22-21-16(14-25-22)5-4-12-24-21/h1,4-13H,14H2,2H3,(H,25,26). The lowest BCUT2D eigenvalue weighted by atomic mass is 10.2. The number of terminal acetylenes is 1. The zero-order valence-corrected chi connectivity index (χ0v) is 15.8. The van der Waals surface area contributed by atoms with Crippen molar-refractivity contribution in [2.75, 3.05) is 5.32 Å². The highest BCUT2D eigenvalue weighted by Crippen LogP contribution is 2.31. The number of aryl methyl sites for hydroxylation is 1. The van der Waals surface area contributed by atoms with Crippen LogP contribution < -0.4 is 10.1 Å². The fourth-order valence-electron chi connectivity index (χ4n) is 3.36. The largest absolute Gasteiger partial charge is 0.437 e. The maximum atomic E-state index is 5.98. The van der Waals surface area contributed by atoms with E-state index in [1.807, 2.05) is 61.6 Å². The fourth-order valence-corrected chi connectivity index (χ4v) is 3.36. The molecule has 140 valence electrons. The van der Waals surface area contributed by atoms with E-state index in [-0.39, 0.29) is 0 Å². The van der Waals surface area contributed by atoms with Crippen molar-refractivity contribution in [3.8, 4) is 24.0 Å². The van der Waals surface area contributed by atoms with Crippen LogP contribution in [0.4, 0.5) is 5.69 Å². The predicted octanol–water partition coefficient (Wildman–Crippen LogP) is 4.11. The van der Waals surface area contributed by atoms with Crippen molar-refractivity contribution in [3.05, 3.63) is 77.6 Å². The molecular weight excluding hydrogens is 362 g/mol. The molecule has 4 aromatic rings. The molecular formula is C23H17N5O. The molecule has 0 spiro atoms. The summed E-state index contributed by atoms with van der Waals surface area (Å²) in [4.78, 5) is 9.00. The SMILES string of the molecule is C#Cc1ccc(Oc2nn(C)c3cc(NC4=NCc5cccnc54)ccc23)cc1. The first kappa shape index (κ1) is 17.0. The number of anilines is 1. The van der Waals surface area contributed by atoms with E-state index in [9.17, 15) is 0 Å². The van der Waals surface area contributed by atoms with Crippen LogP contribution in [0.3, 0.4) is 0 Å². The maximum Gasteiger partial charge on any atom is 0.246 e. The van der Waals surface area contributed by atoms with E-state index < -0.39 is 0 Å². The van der Waals surface area contributed by atoms with E-state index in [1.165, 1.54) is 0 Å². The smallest absolute Gasteiger partial charge is 0.246 e. The maximum absolute atomic E-state index is 5.98. The van der Waals surface area contributed by atoms with E-state index in [0.29, 0.717) is 18.2 Å². The van der Waals surface area contributed by atoms with Gasteiger partial charge in [0.2, 0.25) is 5.88 Å². The van der Waals surface area contributed by atoms with E-state index in [4.69, 9.17) is 11.2 Å². The van der Waals surface area contributed by atoms with Crippen molar-refractivity contribution in [2.45, 2.75) is 6.54 Å². The van der Waals surface area contributed by atoms with Gasteiger partial charge >= 0.3 is 0 Å². The number of hydrogen-bond acceptors (Lipinski definition) is 5. The lowest BCUT2D eigenvalue weighted by Gasteiger charge is -2.07. The van der Waals surface area contributed by atoms with Crippen LogP contribution >= 0.6 is 0 Å². The third-order valence-electron chi connectivity index (χ3n) is 4.84. The molecule has 0 amide bonds. The minimum Gasteiger partial charge on any atom is -0.437 e. The van der Waals surface area contributed by atoms with Crippen molar-refractivity contribution in [2.24, 2.45) is 12.0 Å². The average Bonchev–Trinajstić information content (AvgIpc) is 3.30. The molecule has 0 aliphatic carbocycles. The van der Waals surface area contributed by atoms with Crippen molar-refractivity contribution in [1.29, 1.82) is 0 Å². The summed E-state index contributed by atoms with van der Waals surface area (Å²) >= 11 is 0. The zero-order valence-electron chi connectivity index (χ0n) is 15.8. The molecule has 1 N–H and O–H groups in total. The molecule has 2 aromatic carbocycles. The summed E-state index contributed by atoms with van der Waals surface area (Å²) in [6, 6.07) is 17.4. The third kappa shape index (κ3) is 3.09. The Morgan fingerprint density at radius 2 is 2.00 bits per heavy atom. The van der Waals surface area contributed by atoms with Crippen LogP contribution in [0.25, 0.3) is 10.9 Å². The Bertz CT molecular complexity index is 1300. The van der Waals surface area contributed by atoms with Gasteiger partial charge in [0.05, 0.1) is 17.4 Å². The summed E-state index contributed by atoms with van der Waals surface area (Å²) in [5.41, 5.74) is 4.71. The molecule has 0 fully saturated rings. The van der Waals surface area contributed by atoms with Gasteiger partial charge in [-0.05, 0) is 48.5 Å². The fraction of sp³-hybridized carbons (Fsp3) is 0.0870. The zero-order chi connectivity index (χ0) is 19.8. The third-order valence-corrected chi connectivity index (χ3v) is 4.84. The number of pyridine rings is 1. The lowest BCUT2D eigenvalue weighted by molar-refractivity contribution is 0.458. The quantitative estimate of drug-likeness (QED) is 0.544. The van der Waals surface area contributed by atoms with Crippen LogP contribution in [0.1, 0.15) is 16.8 Å². The Hall–Kier alpha value is -4.11. The van der Waals surface area contributed by atoms with E-state index in [1.54, 1.807) is 10.9 Å². The van der Waals surface area contributed by atoms with Gasteiger partial charge in [-0.15, -0.1) is 11.5 Å². The number of aliphatic imine (C=N–C) groups is 1. The molecule has 6 nitrogen and oxygen atoms in total. The molecule has 6 heteroatoms. The molecule has 2 aromatic heterocycles. The topological polar surface area (TPSA) is 64.3 Å². The molecule has 3 heterocycles. The molecule has 0 saturated carbocycles. The Labute approximate surface area is 167 Å². The number of fused-ring (bicyclic) bond motifs is 2. The van der Waals surface area contributed by atoms with Gasteiger partial charge in [-0.25, -0.2) is 0 Å². The molecule has 0 atom stereocenters. The summed E-state index contributed by atoms with van der Waals surface area (Å²) in [6.07, 6.45) is 7.19. The van der Waals surface area contributed by atoms with Crippen molar-refractivity contribution < 1.29 is 4.74 Å². The van der Waals surface area contributed by atoms with Gasteiger partial charge in [-0.1, -0.05) is 12.0 Å². The second kappa shape index (κ2) is 6.80. The summed E-state index contributed by atoms with van der Waals surface area (Å²) in [6.45, 7) is 0.649. The molecule has 0 saturated heterocycles. The van der Waals surface area contributed by atoms with Crippen LogP contribution in [0.15, 0.2) is 65.8 Å². The number of nitrogens with zero attached hydrogens (tertiary/aromatic N) is 4. The molecule has 1 aliphatic rings. The minimum absolute atomic E-state index is 0.549.